The van der Waals surface area contributed by atoms with E-state index in [1.165, 1.54) is 4.88 Å². The number of tetrazole rings is 1. The molecule has 0 spiro atoms. The molecule has 12 heteroatoms. The van der Waals surface area contributed by atoms with Crippen molar-refractivity contribution in [2.45, 2.75) is 26.2 Å². The Balaban J connectivity index is 1.42. The number of nitrogens with zero attached hydrogens (tertiary/aromatic N) is 8. The van der Waals surface area contributed by atoms with Crippen LogP contribution in [-0.4, -0.2) is 67.4 Å². The van der Waals surface area contributed by atoms with E-state index in [-0.39, 0.29) is 12.4 Å². The number of rotatable bonds is 4. The highest BCUT2D eigenvalue weighted by atomic mass is 32.1. The molecule has 0 saturated carbocycles. The van der Waals surface area contributed by atoms with Crippen molar-refractivity contribution in [3.63, 3.8) is 0 Å². The van der Waals surface area contributed by atoms with Gasteiger partial charge in [-0.3, -0.25) is 4.90 Å². The number of thiophene rings is 1. The predicted molar refractivity (Wildman–Crippen MR) is 93.5 cm³/mol. The molecule has 0 bridgehead atoms. The normalized spacial score (nSPS) is 16.4. The van der Waals surface area contributed by atoms with Crippen LogP contribution in [0.25, 0.3) is 10.2 Å². The number of piperazine rings is 1. The minimum Gasteiger partial charge on any atom is -0.353 e. The minimum atomic E-state index is -4.35. The maximum absolute atomic E-state index is 12.6. The van der Waals surface area contributed by atoms with Crippen molar-refractivity contribution in [2.75, 3.05) is 31.1 Å². The van der Waals surface area contributed by atoms with E-state index in [1.807, 2.05) is 11.8 Å². The second kappa shape index (κ2) is 7.00. The zero-order chi connectivity index (χ0) is 19.0. The molecule has 0 atom stereocenters. The van der Waals surface area contributed by atoms with Crippen LogP contribution in [0, 0.1) is 6.92 Å². The fourth-order valence-corrected chi connectivity index (χ4v) is 4.00. The third-order valence-electron chi connectivity index (χ3n) is 4.40. The van der Waals surface area contributed by atoms with E-state index in [9.17, 15) is 13.2 Å². The molecule has 0 unspecified atom stereocenters. The smallest absolute Gasteiger partial charge is 0.353 e. The van der Waals surface area contributed by atoms with Gasteiger partial charge in [-0.1, -0.05) is 0 Å². The highest BCUT2D eigenvalue weighted by Gasteiger charge is 2.31. The standard InChI is InChI=1S/C15H17F3N8S/c1-10-6-11-13(19-9-20-14(11)27-10)25-4-2-24(3-5-25)7-12-21-22-23-26(12)8-15(16,17)18/h6,9H,2-5,7-8H2,1H3. The maximum atomic E-state index is 12.6. The molecular formula is C15H17F3N8S. The molecular weight excluding hydrogens is 381 g/mol. The van der Waals surface area contributed by atoms with Gasteiger partial charge in [-0.25, -0.2) is 14.6 Å². The summed E-state index contributed by atoms with van der Waals surface area (Å²) in [6.45, 7) is 3.98. The molecule has 0 aliphatic carbocycles. The average Bonchev–Trinajstić information content (AvgIpc) is 3.19. The maximum Gasteiger partial charge on any atom is 0.408 e. The van der Waals surface area contributed by atoms with Crippen LogP contribution in [0.3, 0.4) is 0 Å². The van der Waals surface area contributed by atoms with Gasteiger partial charge in [0.05, 0.1) is 11.9 Å². The lowest BCUT2D eigenvalue weighted by Gasteiger charge is -2.35. The lowest BCUT2D eigenvalue weighted by molar-refractivity contribution is -0.143. The lowest BCUT2D eigenvalue weighted by Crippen LogP contribution is -2.46. The van der Waals surface area contributed by atoms with Crippen molar-refractivity contribution in [2.24, 2.45) is 0 Å². The first kappa shape index (κ1) is 18.0. The molecule has 1 aliphatic heterocycles. The van der Waals surface area contributed by atoms with Gasteiger partial charge in [0.2, 0.25) is 0 Å². The van der Waals surface area contributed by atoms with E-state index in [1.54, 1.807) is 17.7 Å². The summed E-state index contributed by atoms with van der Waals surface area (Å²) in [5.74, 6) is 1.13. The Bertz CT molecular complexity index is 929. The zero-order valence-electron chi connectivity index (χ0n) is 14.5. The molecule has 0 N–H and O–H groups in total. The second-order valence-electron chi connectivity index (χ2n) is 6.40. The number of halogens is 3. The van der Waals surface area contributed by atoms with Crippen molar-refractivity contribution < 1.29 is 13.2 Å². The molecule has 1 saturated heterocycles. The summed E-state index contributed by atoms with van der Waals surface area (Å²) in [6.07, 6.45) is -2.77. The van der Waals surface area contributed by atoms with Crippen molar-refractivity contribution in [3.05, 3.63) is 23.1 Å². The number of anilines is 1. The van der Waals surface area contributed by atoms with Gasteiger partial charge in [0.1, 0.15) is 23.5 Å². The van der Waals surface area contributed by atoms with E-state index < -0.39 is 12.7 Å². The molecule has 0 aromatic carbocycles. The molecule has 144 valence electrons. The van der Waals surface area contributed by atoms with Crippen molar-refractivity contribution in [1.29, 1.82) is 0 Å². The fourth-order valence-electron chi connectivity index (χ4n) is 3.16. The zero-order valence-corrected chi connectivity index (χ0v) is 15.3. The third-order valence-corrected chi connectivity index (χ3v) is 5.36. The van der Waals surface area contributed by atoms with Gasteiger partial charge in [-0.05, 0) is 23.4 Å². The summed E-state index contributed by atoms with van der Waals surface area (Å²) in [5, 5.41) is 11.6. The van der Waals surface area contributed by atoms with Crippen LogP contribution in [0.4, 0.5) is 19.0 Å². The van der Waals surface area contributed by atoms with Gasteiger partial charge in [0.25, 0.3) is 0 Å². The minimum absolute atomic E-state index is 0.221. The molecule has 0 radical (unpaired) electrons. The van der Waals surface area contributed by atoms with Gasteiger partial charge in [0.15, 0.2) is 5.82 Å². The SMILES string of the molecule is Cc1cc2c(N3CCN(Cc4nnnn4CC(F)(F)F)CC3)ncnc2s1. The first-order valence-corrected chi connectivity index (χ1v) is 9.21. The number of alkyl halides is 3. The summed E-state index contributed by atoms with van der Waals surface area (Å²) < 4.78 is 38.6. The Morgan fingerprint density at radius 2 is 1.93 bits per heavy atom. The number of aryl methyl sites for hydroxylation is 1. The van der Waals surface area contributed by atoms with Gasteiger partial charge in [-0.2, -0.15) is 13.2 Å². The first-order valence-electron chi connectivity index (χ1n) is 8.39. The van der Waals surface area contributed by atoms with E-state index in [4.69, 9.17) is 0 Å². The van der Waals surface area contributed by atoms with Crippen LogP contribution in [0.1, 0.15) is 10.7 Å². The predicted octanol–water partition coefficient (Wildman–Crippen LogP) is 1.87. The van der Waals surface area contributed by atoms with Gasteiger partial charge >= 0.3 is 6.18 Å². The molecule has 27 heavy (non-hydrogen) atoms. The average molecular weight is 398 g/mol. The molecule has 3 aromatic heterocycles. The molecule has 4 rings (SSSR count). The Labute approximate surface area is 156 Å². The summed E-state index contributed by atoms with van der Waals surface area (Å²) in [5.41, 5.74) is 0. The van der Waals surface area contributed by atoms with Crippen LogP contribution in [0.2, 0.25) is 0 Å². The summed E-state index contributed by atoms with van der Waals surface area (Å²) in [4.78, 5) is 15.1. The van der Waals surface area contributed by atoms with Gasteiger partial charge in [0, 0.05) is 31.1 Å². The monoisotopic (exact) mass is 398 g/mol. The van der Waals surface area contributed by atoms with Crippen molar-refractivity contribution in [1.82, 2.24) is 35.1 Å². The number of fused-ring (bicyclic) bond motifs is 1. The Morgan fingerprint density at radius 3 is 2.67 bits per heavy atom. The molecule has 0 amide bonds. The molecule has 8 nitrogen and oxygen atoms in total. The van der Waals surface area contributed by atoms with Crippen LogP contribution in [0.15, 0.2) is 12.4 Å². The van der Waals surface area contributed by atoms with Crippen LogP contribution < -0.4 is 4.90 Å². The summed E-state index contributed by atoms with van der Waals surface area (Å²) in [6, 6.07) is 2.09. The van der Waals surface area contributed by atoms with Crippen LogP contribution in [-0.2, 0) is 13.1 Å². The summed E-state index contributed by atoms with van der Waals surface area (Å²) >= 11 is 1.63. The second-order valence-corrected chi connectivity index (χ2v) is 7.64. The molecule has 3 aromatic rings. The number of hydrogen-bond donors (Lipinski definition) is 0. The third kappa shape index (κ3) is 4.00. The quantitative estimate of drug-likeness (QED) is 0.664. The summed E-state index contributed by atoms with van der Waals surface area (Å²) in [7, 11) is 0. The molecule has 1 aliphatic rings. The van der Waals surface area contributed by atoms with E-state index in [0.717, 1.165) is 33.8 Å². The van der Waals surface area contributed by atoms with E-state index in [2.05, 4.69) is 36.5 Å². The molecule has 4 heterocycles. The van der Waals surface area contributed by atoms with Crippen molar-refractivity contribution in [3.8, 4) is 0 Å². The van der Waals surface area contributed by atoms with Gasteiger partial charge < -0.3 is 4.90 Å². The van der Waals surface area contributed by atoms with E-state index >= 15 is 0 Å². The largest absolute Gasteiger partial charge is 0.408 e. The number of hydrogen-bond acceptors (Lipinski definition) is 8. The molecule has 1 fully saturated rings. The van der Waals surface area contributed by atoms with Crippen molar-refractivity contribution >= 4 is 27.4 Å². The van der Waals surface area contributed by atoms with E-state index in [0.29, 0.717) is 13.1 Å². The first-order chi connectivity index (χ1) is 12.9. The number of aromatic nitrogens is 6. The van der Waals surface area contributed by atoms with Gasteiger partial charge in [-0.15, -0.1) is 16.4 Å². The Morgan fingerprint density at radius 1 is 1.15 bits per heavy atom. The highest BCUT2D eigenvalue weighted by Crippen LogP contribution is 2.30. The Kier molecular flexibility index (Phi) is 4.68. The van der Waals surface area contributed by atoms with Crippen LogP contribution >= 0.6 is 11.3 Å². The fraction of sp³-hybridized carbons (Fsp3) is 0.533. The lowest BCUT2D eigenvalue weighted by atomic mass is 10.2. The topological polar surface area (TPSA) is 75.9 Å². The highest BCUT2D eigenvalue weighted by molar-refractivity contribution is 7.18. The van der Waals surface area contributed by atoms with Crippen LogP contribution in [0.5, 0.6) is 0 Å². The Hall–Kier alpha value is -2.34.